The molecular weight excluding hydrogens is 331 g/mol. The zero-order valence-corrected chi connectivity index (χ0v) is 13.6. The van der Waals surface area contributed by atoms with E-state index in [1.807, 2.05) is 0 Å². The van der Waals surface area contributed by atoms with Crippen LogP contribution >= 0.6 is 0 Å². The molecule has 0 aliphatic heterocycles. The topological polar surface area (TPSA) is 89.3 Å². The fraction of sp³-hybridized carbons (Fsp3) is 0.235. The molecule has 126 valence electrons. The minimum Gasteiger partial charge on any atom is -0.326 e. The van der Waals surface area contributed by atoms with E-state index in [2.05, 4.69) is 5.32 Å². The van der Waals surface area contributed by atoms with Crippen LogP contribution in [0.4, 0.5) is 10.1 Å². The second-order valence-corrected chi connectivity index (χ2v) is 7.61. The summed E-state index contributed by atoms with van der Waals surface area (Å²) < 4.78 is 35.0. The summed E-state index contributed by atoms with van der Waals surface area (Å²) in [5, 5.41) is 7.80. The number of anilines is 1. The van der Waals surface area contributed by atoms with Gasteiger partial charge in [0.05, 0.1) is 5.75 Å². The Bertz CT molecular complexity index is 848. The minimum absolute atomic E-state index is 0.0940. The van der Waals surface area contributed by atoms with Crippen LogP contribution in [0.25, 0.3) is 0 Å². The molecule has 1 saturated carbocycles. The summed E-state index contributed by atoms with van der Waals surface area (Å²) in [4.78, 5) is 12.2. The zero-order valence-electron chi connectivity index (χ0n) is 12.8. The van der Waals surface area contributed by atoms with Gasteiger partial charge in [0, 0.05) is 11.6 Å². The van der Waals surface area contributed by atoms with Crippen molar-refractivity contribution < 1.29 is 17.6 Å². The molecule has 0 heterocycles. The SMILES string of the molecule is NS(=O)(=O)Cc1ccc(NC(=O)C2CC2c2ccc(F)cc2)cc1. The van der Waals surface area contributed by atoms with Crippen molar-refractivity contribution in [2.75, 3.05) is 5.32 Å². The Hall–Kier alpha value is -2.25. The number of rotatable bonds is 5. The number of amides is 1. The smallest absolute Gasteiger partial charge is 0.228 e. The molecule has 2 atom stereocenters. The lowest BCUT2D eigenvalue weighted by atomic mass is 10.1. The second-order valence-electron chi connectivity index (χ2n) is 5.99. The van der Waals surface area contributed by atoms with Crippen molar-refractivity contribution in [3.63, 3.8) is 0 Å². The van der Waals surface area contributed by atoms with Crippen LogP contribution < -0.4 is 10.5 Å². The molecule has 3 N–H and O–H groups in total. The quantitative estimate of drug-likeness (QED) is 0.869. The monoisotopic (exact) mass is 348 g/mol. The first-order valence-corrected chi connectivity index (χ1v) is 9.19. The molecule has 7 heteroatoms. The van der Waals surface area contributed by atoms with Crippen LogP contribution in [-0.4, -0.2) is 14.3 Å². The van der Waals surface area contributed by atoms with Gasteiger partial charge in [0.15, 0.2) is 0 Å². The summed E-state index contributed by atoms with van der Waals surface area (Å²) in [6.07, 6.45) is 0.737. The van der Waals surface area contributed by atoms with Gasteiger partial charge in [-0.05, 0) is 47.7 Å². The van der Waals surface area contributed by atoms with Gasteiger partial charge in [0.25, 0.3) is 0 Å². The standard InChI is InChI=1S/C17H17FN2O3S/c18-13-5-3-12(4-6-13)15-9-16(15)17(21)20-14-7-1-11(2-8-14)10-24(19,22)23/h1-8,15-16H,9-10H2,(H,20,21)(H2,19,22,23). The Labute approximate surface area is 139 Å². The predicted octanol–water partition coefficient (Wildman–Crippen LogP) is 2.36. The number of carbonyl (C=O) groups excluding carboxylic acids is 1. The van der Waals surface area contributed by atoms with E-state index in [4.69, 9.17) is 5.14 Å². The number of carbonyl (C=O) groups is 1. The molecule has 0 bridgehead atoms. The normalized spacial score (nSPS) is 19.8. The van der Waals surface area contributed by atoms with E-state index in [-0.39, 0.29) is 29.3 Å². The Balaban J connectivity index is 1.59. The van der Waals surface area contributed by atoms with E-state index in [9.17, 15) is 17.6 Å². The van der Waals surface area contributed by atoms with Gasteiger partial charge in [-0.25, -0.2) is 17.9 Å². The van der Waals surface area contributed by atoms with E-state index < -0.39 is 10.0 Å². The summed E-state index contributed by atoms with van der Waals surface area (Å²) in [6, 6.07) is 12.7. The van der Waals surface area contributed by atoms with Crippen molar-refractivity contribution in [2.45, 2.75) is 18.1 Å². The highest BCUT2D eigenvalue weighted by atomic mass is 32.2. The molecule has 0 radical (unpaired) electrons. The van der Waals surface area contributed by atoms with Crippen molar-refractivity contribution in [1.29, 1.82) is 0 Å². The van der Waals surface area contributed by atoms with Crippen molar-refractivity contribution in [3.8, 4) is 0 Å². The molecular formula is C17H17FN2O3S. The Morgan fingerprint density at radius 1 is 1.12 bits per heavy atom. The number of primary sulfonamides is 1. The first-order valence-electron chi connectivity index (χ1n) is 7.47. The molecule has 1 fully saturated rings. The molecule has 3 rings (SSSR count). The molecule has 1 aliphatic rings. The lowest BCUT2D eigenvalue weighted by Gasteiger charge is -2.06. The molecule has 5 nitrogen and oxygen atoms in total. The third-order valence-corrected chi connectivity index (χ3v) is 4.75. The fourth-order valence-corrected chi connectivity index (χ4v) is 3.37. The molecule has 0 saturated heterocycles. The van der Waals surface area contributed by atoms with Crippen molar-refractivity contribution >= 4 is 21.6 Å². The van der Waals surface area contributed by atoms with Crippen molar-refractivity contribution in [3.05, 3.63) is 65.5 Å². The average Bonchev–Trinajstić information content (AvgIpc) is 3.29. The third-order valence-electron chi connectivity index (χ3n) is 4.01. The van der Waals surface area contributed by atoms with E-state index in [0.717, 1.165) is 12.0 Å². The summed E-state index contributed by atoms with van der Waals surface area (Å²) in [6.45, 7) is 0. The molecule has 2 aromatic carbocycles. The van der Waals surface area contributed by atoms with Crippen LogP contribution in [0.1, 0.15) is 23.5 Å². The summed E-state index contributed by atoms with van der Waals surface area (Å²) in [5.41, 5.74) is 2.12. The van der Waals surface area contributed by atoms with Gasteiger partial charge in [-0.3, -0.25) is 4.79 Å². The van der Waals surface area contributed by atoms with Gasteiger partial charge in [-0.1, -0.05) is 24.3 Å². The number of nitrogens with two attached hydrogens (primary N) is 1. The number of hydrogen-bond acceptors (Lipinski definition) is 3. The Morgan fingerprint density at radius 2 is 1.75 bits per heavy atom. The van der Waals surface area contributed by atoms with E-state index in [1.54, 1.807) is 36.4 Å². The summed E-state index contributed by atoms with van der Waals surface area (Å²) >= 11 is 0. The summed E-state index contributed by atoms with van der Waals surface area (Å²) in [7, 11) is -3.57. The molecule has 2 unspecified atom stereocenters. The Morgan fingerprint density at radius 3 is 2.33 bits per heavy atom. The van der Waals surface area contributed by atoms with Crippen molar-refractivity contribution in [2.24, 2.45) is 11.1 Å². The van der Waals surface area contributed by atoms with Gasteiger partial charge < -0.3 is 5.32 Å². The average molecular weight is 348 g/mol. The van der Waals surface area contributed by atoms with Crippen LogP contribution in [0.2, 0.25) is 0 Å². The molecule has 24 heavy (non-hydrogen) atoms. The van der Waals surface area contributed by atoms with Crippen LogP contribution in [0.5, 0.6) is 0 Å². The Kier molecular flexibility index (Phi) is 4.38. The molecule has 1 amide bonds. The first-order chi connectivity index (χ1) is 11.3. The number of hydrogen-bond donors (Lipinski definition) is 2. The highest BCUT2D eigenvalue weighted by Gasteiger charge is 2.43. The maximum absolute atomic E-state index is 12.9. The maximum Gasteiger partial charge on any atom is 0.228 e. The van der Waals surface area contributed by atoms with Crippen LogP contribution in [-0.2, 0) is 20.6 Å². The molecule has 0 aromatic heterocycles. The number of halogens is 1. The van der Waals surface area contributed by atoms with Gasteiger partial charge >= 0.3 is 0 Å². The number of nitrogens with one attached hydrogen (secondary N) is 1. The van der Waals surface area contributed by atoms with E-state index in [0.29, 0.717) is 11.3 Å². The van der Waals surface area contributed by atoms with Gasteiger partial charge in [-0.2, -0.15) is 0 Å². The van der Waals surface area contributed by atoms with Gasteiger partial charge in [0.1, 0.15) is 5.82 Å². The molecule has 0 spiro atoms. The van der Waals surface area contributed by atoms with Crippen molar-refractivity contribution in [1.82, 2.24) is 0 Å². The predicted molar refractivity (Wildman–Crippen MR) is 89.1 cm³/mol. The van der Waals surface area contributed by atoms with Crippen LogP contribution in [0.15, 0.2) is 48.5 Å². The third kappa shape index (κ3) is 4.18. The highest BCUT2D eigenvalue weighted by molar-refractivity contribution is 7.88. The van der Waals surface area contributed by atoms with E-state index >= 15 is 0 Å². The highest BCUT2D eigenvalue weighted by Crippen LogP contribution is 2.47. The van der Waals surface area contributed by atoms with Gasteiger partial charge in [0.2, 0.25) is 15.9 Å². The van der Waals surface area contributed by atoms with Crippen LogP contribution in [0, 0.1) is 11.7 Å². The van der Waals surface area contributed by atoms with Crippen LogP contribution in [0.3, 0.4) is 0 Å². The number of benzene rings is 2. The largest absolute Gasteiger partial charge is 0.326 e. The fourth-order valence-electron chi connectivity index (χ4n) is 2.71. The molecule has 2 aromatic rings. The minimum atomic E-state index is -3.57. The first kappa shape index (κ1) is 16.6. The lowest BCUT2D eigenvalue weighted by molar-refractivity contribution is -0.117. The maximum atomic E-state index is 12.9. The van der Waals surface area contributed by atoms with Gasteiger partial charge in [-0.15, -0.1) is 0 Å². The van der Waals surface area contributed by atoms with E-state index in [1.165, 1.54) is 12.1 Å². The number of sulfonamides is 1. The summed E-state index contributed by atoms with van der Waals surface area (Å²) in [5.74, 6) is -0.633. The molecule has 1 aliphatic carbocycles. The lowest BCUT2D eigenvalue weighted by Crippen LogP contribution is -2.15. The second kappa shape index (κ2) is 6.33. The zero-order chi connectivity index (χ0) is 17.3.